The van der Waals surface area contributed by atoms with Gasteiger partial charge in [-0.15, -0.1) is 0 Å². The van der Waals surface area contributed by atoms with Crippen LogP contribution in [0.5, 0.6) is 0 Å². The highest BCUT2D eigenvalue weighted by atomic mass is 32.1. The summed E-state index contributed by atoms with van der Waals surface area (Å²) in [7, 11) is 0. The highest BCUT2D eigenvalue weighted by molar-refractivity contribution is 7.81. The first-order valence-electron chi connectivity index (χ1n) is 9.06. The Kier molecular flexibility index (Phi) is 5.63. The minimum absolute atomic E-state index is 0.170. The molecular weight excluding hydrogens is 470 g/mol. The highest BCUT2D eigenvalue weighted by Gasteiger charge is 2.51. The molecule has 0 atom stereocenters. The first-order valence-corrected chi connectivity index (χ1v) is 9.47. The largest absolute Gasteiger partial charge is 0.417 e. The number of halogens is 6. The third kappa shape index (κ3) is 3.98. The van der Waals surface area contributed by atoms with Crippen LogP contribution in [0.1, 0.15) is 36.1 Å². The Hall–Kier alpha value is -3.64. The minimum atomic E-state index is -4.89. The van der Waals surface area contributed by atoms with Gasteiger partial charge in [-0.2, -0.15) is 36.9 Å². The van der Waals surface area contributed by atoms with E-state index in [0.29, 0.717) is 12.1 Å². The second kappa shape index (κ2) is 7.74. The van der Waals surface area contributed by atoms with Crippen LogP contribution in [-0.2, 0) is 17.1 Å². The van der Waals surface area contributed by atoms with Gasteiger partial charge in [-0.25, -0.2) is 0 Å². The van der Waals surface area contributed by atoms with Gasteiger partial charge in [0.1, 0.15) is 5.54 Å². The summed E-state index contributed by atoms with van der Waals surface area (Å²) >= 11 is 5.29. The van der Waals surface area contributed by atoms with Crippen LogP contribution in [0.3, 0.4) is 0 Å². The summed E-state index contributed by atoms with van der Waals surface area (Å²) in [6.07, 6.45) is -9.76. The predicted molar refractivity (Wildman–Crippen MR) is 109 cm³/mol. The minimum Gasteiger partial charge on any atom is -0.304 e. The summed E-state index contributed by atoms with van der Waals surface area (Å²) < 4.78 is 80.4. The van der Waals surface area contributed by atoms with Crippen molar-refractivity contribution in [2.24, 2.45) is 0 Å². The van der Waals surface area contributed by atoms with Crippen LogP contribution < -0.4 is 9.80 Å². The fraction of sp³-hybridized carbons (Fsp3) is 0.238. The summed E-state index contributed by atoms with van der Waals surface area (Å²) in [5.74, 6) is -0.789. The lowest BCUT2D eigenvalue weighted by Gasteiger charge is -2.30. The van der Waals surface area contributed by atoms with Crippen molar-refractivity contribution < 1.29 is 31.1 Å². The van der Waals surface area contributed by atoms with Crippen molar-refractivity contribution in [3.05, 3.63) is 58.7 Å². The summed E-state index contributed by atoms with van der Waals surface area (Å²) in [5.41, 5.74) is -5.87. The van der Waals surface area contributed by atoms with Crippen molar-refractivity contribution in [2.45, 2.75) is 31.7 Å². The monoisotopic (exact) mass is 482 g/mol. The normalized spacial score (nSPS) is 16.1. The molecule has 1 amide bonds. The van der Waals surface area contributed by atoms with E-state index in [0.717, 1.165) is 28.0 Å². The highest BCUT2D eigenvalue weighted by Crippen LogP contribution is 2.41. The van der Waals surface area contributed by atoms with Gasteiger partial charge in [0, 0.05) is 5.69 Å². The Morgan fingerprint density at radius 1 is 0.848 bits per heavy atom. The number of nitriles is 2. The molecule has 2 aromatic rings. The van der Waals surface area contributed by atoms with E-state index in [1.165, 1.54) is 32.1 Å². The summed E-state index contributed by atoms with van der Waals surface area (Å²) in [5, 5.41) is 17.6. The standard InChI is InChI=1S/C21H12F6N4OS/c1-19(2)17(32)30(13-5-3-11(9-28)15(7-13)20(22,23)24)18(33)31(19)14-6-4-12(10-29)16(8-14)21(25,26)27/h3-8H,1-2H3. The van der Waals surface area contributed by atoms with E-state index in [4.69, 9.17) is 22.7 Å². The molecule has 0 unspecified atom stereocenters. The molecule has 1 fully saturated rings. The van der Waals surface area contributed by atoms with Crippen molar-refractivity contribution in [1.29, 1.82) is 10.5 Å². The number of nitrogens with zero attached hydrogens (tertiary/aromatic N) is 4. The van der Waals surface area contributed by atoms with E-state index >= 15 is 0 Å². The van der Waals surface area contributed by atoms with Crippen LogP contribution in [-0.4, -0.2) is 16.6 Å². The van der Waals surface area contributed by atoms with Crippen LogP contribution >= 0.6 is 12.2 Å². The van der Waals surface area contributed by atoms with E-state index in [2.05, 4.69) is 0 Å². The maximum absolute atomic E-state index is 13.4. The molecule has 5 nitrogen and oxygen atoms in total. The number of rotatable bonds is 2. The molecular formula is C21H12F6N4OS. The molecule has 0 radical (unpaired) electrons. The van der Waals surface area contributed by atoms with Gasteiger partial charge in [0.25, 0.3) is 5.91 Å². The average molecular weight is 482 g/mol. The van der Waals surface area contributed by atoms with E-state index in [-0.39, 0.29) is 16.5 Å². The van der Waals surface area contributed by atoms with E-state index < -0.39 is 46.1 Å². The molecule has 1 aliphatic rings. The van der Waals surface area contributed by atoms with Gasteiger partial charge in [0.2, 0.25) is 0 Å². The van der Waals surface area contributed by atoms with Crippen LogP contribution in [0.4, 0.5) is 37.7 Å². The van der Waals surface area contributed by atoms with Gasteiger partial charge in [0.05, 0.1) is 40.1 Å². The molecule has 170 valence electrons. The molecule has 0 aromatic heterocycles. The number of hydrogen-bond donors (Lipinski definition) is 0. The zero-order chi connectivity index (χ0) is 24.9. The quantitative estimate of drug-likeness (QED) is 0.424. The number of hydrogen-bond acceptors (Lipinski definition) is 4. The smallest absolute Gasteiger partial charge is 0.304 e. The fourth-order valence-corrected chi connectivity index (χ4v) is 3.98. The molecule has 1 heterocycles. The Bertz CT molecular complexity index is 1250. The topological polar surface area (TPSA) is 71.1 Å². The molecule has 2 aromatic carbocycles. The number of carbonyl (C=O) groups excluding carboxylic acids is 1. The Morgan fingerprint density at radius 2 is 1.27 bits per heavy atom. The van der Waals surface area contributed by atoms with Crippen molar-refractivity contribution in [1.82, 2.24) is 0 Å². The average Bonchev–Trinajstić information content (AvgIpc) is 2.89. The first-order chi connectivity index (χ1) is 15.1. The molecule has 1 aliphatic heterocycles. The lowest BCUT2D eigenvalue weighted by molar-refractivity contribution is -0.138. The molecule has 1 saturated heterocycles. The summed E-state index contributed by atoms with van der Waals surface area (Å²) in [4.78, 5) is 15.0. The molecule has 0 saturated carbocycles. The van der Waals surface area contributed by atoms with Crippen LogP contribution in [0.2, 0.25) is 0 Å². The number of amides is 1. The summed E-state index contributed by atoms with van der Waals surface area (Å²) in [6.45, 7) is 2.70. The van der Waals surface area contributed by atoms with Gasteiger partial charge in [-0.3, -0.25) is 9.69 Å². The molecule has 0 aliphatic carbocycles. The first kappa shape index (κ1) is 24.0. The number of alkyl halides is 6. The van der Waals surface area contributed by atoms with Crippen molar-refractivity contribution in [3.8, 4) is 12.1 Å². The van der Waals surface area contributed by atoms with E-state index in [1.807, 2.05) is 0 Å². The second-order valence-corrected chi connectivity index (χ2v) is 7.86. The van der Waals surface area contributed by atoms with Crippen molar-refractivity contribution in [3.63, 3.8) is 0 Å². The lowest BCUT2D eigenvalue weighted by atomic mass is 10.0. The van der Waals surface area contributed by atoms with Gasteiger partial charge >= 0.3 is 12.4 Å². The Morgan fingerprint density at radius 3 is 1.70 bits per heavy atom. The van der Waals surface area contributed by atoms with Gasteiger partial charge < -0.3 is 4.90 Å². The number of thiocarbonyl (C=S) groups is 1. The predicted octanol–water partition coefficient (Wildman–Crippen LogP) is 5.38. The maximum atomic E-state index is 13.4. The lowest BCUT2D eigenvalue weighted by Crippen LogP contribution is -2.44. The van der Waals surface area contributed by atoms with Crippen molar-refractivity contribution in [2.75, 3.05) is 9.80 Å². The molecule has 33 heavy (non-hydrogen) atoms. The number of benzene rings is 2. The van der Waals surface area contributed by atoms with Crippen LogP contribution in [0.15, 0.2) is 36.4 Å². The third-order valence-corrected chi connectivity index (χ3v) is 5.41. The zero-order valence-electron chi connectivity index (χ0n) is 16.8. The van der Waals surface area contributed by atoms with E-state index in [9.17, 15) is 31.1 Å². The molecule has 0 N–H and O–H groups in total. The van der Waals surface area contributed by atoms with Gasteiger partial charge in [-0.05, 0) is 62.5 Å². The molecule has 0 bridgehead atoms. The molecule has 3 rings (SSSR count). The van der Waals surface area contributed by atoms with Crippen LogP contribution in [0.25, 0.3) is 0 Å². The SMILES string of the molecule is CC1(C)C(=O)N(c2ccc(C#N)c(C(F)(F)F)c2)C(=S)N1c1ccc(C#N)c(C(F)(F)F)c1. The molecule has 12 heteroatoms. The number of carbonyl (C=O) groups is 1. The second-order valence-electron chi connectivity index (χ2n) is 7.50. The molecule has 0 spiro atoms. The van der Waals surface area contributed by atoms with Crippen LogP contribution in [0, 0.1) is 22.7 Å². The van der Waals surface area contributed by atoms with Gasteiger partial charge in [0.15, 0.2) is 5.11 Å². The van der Waals surface area contributed by atoms with Gasteiger partial charge in [-0.1, -0.05) is 0 Å². The fourth-order valence-electron chi connectivity index (χ4n) is 3.46. The number of anilines is 2. The van der Waals surface area contributed by atoms with E-state index in [1.54, 1.807) is 0 Å². The Balaban J connectivity index is 2.16. The third-order valence-electron chi connectivity index (χ3n) is 5.04. The van der Waals surface area contributed by atoms with Crippen molar-refractivity contribution >= 4 is 34.6 Å². The maximum Gasteiger partial charge on any atom is 0.417 e. The summed E-state index contributed by atoms with van der Waals surface area (Å²) in [6, 6.07) is 8.18. The zero-order valence-corrected chi connectivity index (χ0v) is 17.7. The Labute approximate surface area is 189 Å².